The number of nitro benzene ring substituents is 1. The predicted molar refractivity (Wildman–Crippen MR) is 66.4 cm³/mol. The standard InChI is InChI=1S/C11H14BrNO3/c1-8(12)3-4-9-5-6-11(16-2)10(7-9)13(14)15/h5-8H,3-4H2,1-2H3. The molecule has 88 valence electrons. The third-order valence-electron chi connectivity index (χ3n) is 2.27. The summed E-state index contributed by atoms with van der Waals surface area (Å²) in [4.78, 5) is 10.8. The normalized spacial score (nSPS) is 12.2. The van der Waals surface area contributed by atoms with Crippen molar-refractivity contribution < 1.29 is 9.66 Å². The SMILES string of the molecule is COc1ccc(CCC(C)Br)cc1[N+](=O)[O-]. The third kappa shape index (κ3) is 3.48. The van der Waals surface area contributed by atoms with E-state index in [1.807, 2.05) is 6.07 Å². The fourth-order valence-corrected chi connectivity index (χ4v) is 1.63. The highest BCUT2D eigenvalue weighted by Gasteiger charge is 2.14. The number of alkyl halides is 1. The molecule has 0 aromatic heterocycles. The predicted octanol–water partition coefficient (Wildman–Crippen LogP) is 3.32. The van der Waals surface area contributed by atoms with E-state index in [-0.39, 0.29) is 5.69 Å². The zero-order chi connectivity index (χ0) is 12.1. The number of rotatable bonds is 5. The summed E-state index contributed by atoms with van der Waals surface area (Å²) in [5.74, 6) is 0.306. The summed E-state index contributed by atoms with van der Waals surface area (Å²) >= 11 is 3.45. The van der Waals surface area contributed by atoms with Gasteiger partial charge in [-0.05, 0) is 24.5 Å². The Labute approximate surface area is 103 Å². The molecule has 0 spiro atoms. The second-order valence-corrected chi connectivity index (χ2v) is 5.15. The minimum absolute atomic E-state index is 0.0298. The van der Waals surface area contributed by atoms with Crippen LogP contribution in [-0.2, 0) is 6.42 Å². The molecule has 1 rings (SSSR count). The van der Waals surface area contributed by atoms with Crippen molar-refractivity contribution in [2.45, 2.75) is 24.6 Å². The first kappa shape index (κ1) is 13.0. The van der Waals surface area contributed by atoms with Crippen molar-refractivity contribution in [3.05, 3.63) is 33.9 Å². The minimum atomic E-state index is -0.417. The smallest absolute Gasteiger partial charge is 0.311 e. The van der Waals surface area contributed by atoms with Crippen molar-refractivity contribution in [1.29, 1.82) is 0 Å². The Morgan fingerprint density at radius 1 is 1.56 bits per heavy atom. The van der Waals surface area contributed by atoms with Crippen molar-refractivity contribution in [1.82, 2.24) is 0 Å². The van der Waals surface area contributed by atoms with Gasteiger partial charge in [0.1, 0.15) is 0 Å². The van der Waals surface area contributed by atoms with Crippen molar-refractivity contribution in [3.63, 3.8) is 0 Å². The van der Waals surface area contributed by atoms with Gasteiger partial charge in [-0.15, -0.1) is 0 Å². The van der Waals surface area contributed by atoms with Crippen molar-refractivity contribution in [2.24, 2.45) is 0 Å². The van der Waals surface area contributed by atoms with Crippen LogP contribution < -0.4 is 4.74 Å². The summed E-state index contributed by atoms with van der Waals surface area (Å²) < 4.78 is 4.94. The van der Waals surface area contributed by atoms with Gasteiger partial charge in [-0.1, -0.05) is 28.9 Å². The molecule has 0 aliphatic heterocycles. The third-order valence-corrected chi connectivity index (χ3v) is 2.73. The number of halogens is 1. The summed E-state index contributed by atoms with van der Waals surface area (Å²) in [6, 6.07) is 5.09. The Bertz CT molecular complexity index is 379. The molecule has 5 heteroatoms. The number of hydrogen-bond donors (Lipinski definition) is 0. The van der Waals surface area contributed by atoms with Gasteiger partial charge in [-0.3, -0.25) is 10.1 Å². The van der Waals surface area contributed by atoms with E-state index < -0.39 is 4.92 Å². The van der Waals surface area contributed by atoms with Crippen LogP contribution in [0.2, 0.25) is 0 Å². The van der Waals surface area contributed by atoms with Crippen molar-refractivity contribution in [3.8, 4) is 5.75 Å². The van der Waals surface area contributed by atoms with Gasteiger partial charge >= 0.3 is 5.69 Å². The fourth-order valence-electron chi connectivity index (χ4n) is 1.40. The van der Waals surface area contributed by atoms with E-state index in [0.717, 1.165) is 18.4 Å². The molecule has 0 heterocycles. The first-order valence-electron chi connectivity index (χ1n) is 5.00. The molecule has 0 saturated carbocycles. The number of aryl methyl sites for hydroxylation is 1. The molecule has 0 saturated heterocycles. The van der Waals surface area contributed by atoms with E-state index in [2.05, 4.69) is 22.9 Å². The molecule has 1 aromatic carbocycles. The van der Waals surface area contributed by atoms with Crippen LogP contribution in [0.4, 0.5) is 5.69 Å². The van der Waals surface area contributed by atoms with Crippen LogP contribution in [0.15, 0.2) is 18.2 Å². The van der Waals surface area contributed by atoms with Crippen molar-refractivity contribution >= 4 is 21.6 Å². The lowest BCUT2D eigenvalue weighted by Gasteiger charge is -2.06. The lowest BCUT2D eigenvalue weighted by Crippen LogP contribution is -1.98. The molecule has 0 amide bonds. The molecule has 0 fully saturated rings. The van der Waals surface area contributed by atoms with Crippen LogP contribution in [-0.4, -0.2) is 16.9 Å². The molecule has 0 N–H and O–H groups in total. The quantitative estimate of drug-likeness (QED) is 0.474. The van der Waals surface area contributed by atoms with Crippen LogP contribution in [0.1, 0.15) is 18.9 Å². The maximum atomic E-state index is 10.8. The molecule has 16 heavy (non-hydrogen) atoms. The highest BCUT2D eigenvalue weighted by atomic mass is 79.9. The molecule has 4 nitrogen and oxygen atoms in total. The largest absolute Gasteiger partial charge is 0.490 e. The zero-order valence-corrected chi connectivity index (χ0v) is 10.9. The van der Waals surface area contributed by atoms with Gasteiger partial charge in [0, 0.05) is 10.9 Å². The summed E-state index contributed by atoms with van der Waals surface area (Å²) in [5, 5.41) is 10.8. The van der Waals surface area contributed by atoms with Gasteiger partial charge in [0.25, 0.3) is 0 Å². The van der Waals surface area contributed by atoms with E-state index in [4.69, 9.17) is 4.74 Å². The van der Waals surface area contributed by atoms with Crippen LogP contribution in [0.3, 0.4) is 0 Å². The second kappa shape index (κ2) is 5.84. The van der Waals surface area contributed by atoms with E-state index in [1.165, 1.54) is 7.11 Å². The van der Waals surface area contributed by atoms with Crippen LogP contribution in [0, 0.1) is 10.1 Å². The van der Waals surface area contributed by atoms with E-state index in [9.17, 15) is 10.1 Å². The number of ether oxygens (including phenoxy) is 1. The average molecular weight is 288 g/mol. The fraction of sp³-hybridized carbons (Fsp3) is 0.455. The van der Waals surface area contributed by atoms with Gasteiger partial charge in [-0.25, -0.2) is 0 Å². The lowest BCUT2D eigenvalue weighted by atomic mass is 10.1. The molecule has 1 atom stereocenters. The van der Waals surface area contributed by atoms with Crippen molar-refractivity contribution in [2.75, 3.05) is 7.11 Å². The number of nitro groups is 1. The number of hydrogen-bond acceptors (Lipinski definition) is 3. The van der Waals surface area contributed by atoms with Gasteiger partial charge < -0.3 is 4.74 Å². The minimum Gasteiger partial charge on any atom is -0.490 e. The zero-order valence-electron chi connectivity index (χ0n) is 9.27. The Morgan fingerprint density at radius 3 is 2.75 bits per heavy atom. The number of methoxy groups -OCH3 is 1. The Balaban J connectivity index is 2.89. The molecule has 0 bridgehead atoms. The van der Waals surface area contributed by atoms with Crippen LogP contribution in [0.25, 0.3) is 0 Å². The maximum absolute atomic E-state index is 10.8. The second-order valence-electron chi connectivity index (χ2n) is 3.58. The lowest BCUT2D eigenvalue weighted by molar-refractivity contribution is -0.385. The van der Waals surface area contributed by atoms with E-state index >= 15 is 0 Å². The van der Waals surface area contributed by atoms with Crippen LogP contribution in [0.5, 0.6) is 5.75 Å². The van der Waals surface area contributed by atoms with Crippen LogP contribution >= 0.6 is 15.9 Å². The molecule has 1 unspecified atom stereocenters. The van der Waals surface area contributed by atoms with Gasteiger partial charge in [0.15, 0.2) is 5.75 Å². The van der Waals surface area contributed by atoms with Gasteiger partial charge in [-0.2, -0.15) is 0 Å². The number of benzene rings is 1. The monoisotopic (exact) mass is 287 g/mol. The first-order valence-corrected chi connectivity index (χ1v) is 5.91. The highest BCUT2D eigenvalue weighted by Crippen LogP contribution is 2.28. The molecule has 0 aliphatic carbocycles. The first-order chi connectivity index (χ1) is 7.54. The molecule has 0 aliphatic rings. The molecule has 0 radical (unpaired) electrons. The Kier molecular flexibility index (Phi) is 4.73. The summed E-state index contributed by atoms with van der Waals surface area (Å²) in [7, 11) is 1.43. The van der Waals surface area contributed by atoms with E-state index in [0.29, 0.717) is 10.6 Å². The topological polar surface area (TPSA) is 52.4 Å². The summed E-state index contributed by atoms with van der Waals surface area (Å²) in [6.07, 6.45) is 1.76. The van der Waals surface area contributed by atoms with Gasteiger partial charge in [0.05, 0.1) is 12.0 Å². The highest BCUT2D eigenvalue weighted by molar-refractivity contribution is 9.09. The Morgan fingerprint density at radius 2 is 2.25 bits per heavy atom. The molecule has 1 aromatic rings. The summed E-state index contributed by atoms with van der Waals surface area (Å²) in [5.41, 5.74) is 0.987. The number of nitrogens with zero attached hydrogens (tertiary/aromatic N) is 1. The Hall–Kier alpha value is -1.10. The molecular formula is C11H14BrNO3. The van der Waals surface area contributed by atoms with E-state index in [1.54, 1.807) is 12.1 Å². The summed E-state index contributed by atoms with van der Waals surface area (Å²) in [6.45, 7) is 2.05. The van der Waals surface area contributed by atoms with Gasteiger partial charge in [0.2, 0.25) is 0 Å². The average Bonchev–Trinajstić information content (AvgIpc) is 2.25. The maximum Gasteiger partial charge on any atom is 0.311 e. The molecular weight excluding hydrogens is 274 g/mol.